The van der Waals surface area contributed by atoms with Crippen LogP contribution in [0.2, 0.25) is 0 Å². The fourth-order valence-corrected chi connectivity index (χ4v) is 3.16. The fraction of sp³-hybridized carbons (Fsp3) is 0.136. The third-order valence-electron chi connectivity index (χ3n) is 4.52. The number of nitrogens with zero attached hydrogens (tertiary/aromatic N) is 2. The van der Waals surface area contributed by atoms with E-state index in [4.69, 9.17) is 9.15 Å². The molecule has 2 aromatic carbocycles. The number of aryl methyl sites for hydroxylation is 1. The van der Waals surface area contributed by atoms with E-state index in [1.165, 1.54) is 13.2 Å². The molecule has 29 heavy (non-hydrogen) atoms. The molecule has 0 radical (unpaired) electrons. The van der Waals surface area contributed by atoms with E-state index in [2.05, 4.69) is 10.4 Å². The second-order valence-electron chi connectivity index (χ2n) is 6.61. The number of aromatic nitrogens is 2. The van der Waals surface area contributed by atoms with Crippen molar-refractivity contribution >= 4 is 22.7 Å². The number of methoxy groups -OCH3 is 1. The molecule has 0 saturated heterocycles. The van der Waals surface area contributed by atoms with E-state index in [0.29, 0.717) is 23.5 Å². The summed E-state index contributed by atoms with van der Waals surface area (Å²) in [6.45, 7) is 2.37. The Balaban J connectivity index is 1.68. The van der Waals surface area contributed by atoms with Gasteiger partial charge in [-0.25, -0.2) is 9.48 Å². The second kappa shape index (κ2) is 7.63. The highest BCUT2D eigenvalue weighted by molar-refractivity contribution is 6.11. The van der Waals surface area contributed by atoms with Crippen LogP contribution in [0.4, 0.5) is 5.82 Å². The summed E-state index contributed by atoms with van der Waals surface area (Å²) in [5.41, 5.74) is 1.74. The largest absolute Gasteiger partial charge is 0.497 e. The van der Waals surface area contributed by atoms with Crippen molar-refractivity contribution in [2.24, 2.45) is 0 Å². The van der Waals surface area contributed by atoms with Gasteiger partial charge in [0.05, 0.1) is 24.9 Å². The van der Waals surface area contributed by atoms with Gasteiger partial charge in [-0.05, 0) is 24.6 Å². The van der Waals surface area contributed by atoms with Crippen LogP contribution < -0.4 is 15.7 Å². The van der Waals surface area contributed by atoms with Gasteiger partial charge in [0.2, 0.25) is 0 Å². The maximum Gasteiger partial charge on any atom is 0.337 e. The van der Waals surface area contributed by atoms with Crippen LogP contribution in [0.5, 0.6) is 5.75 Å². The van der Waals surface area contributed by atoms with Crippen LogP contribution in [-0.2, 0) is 6.54 Å². The Kier molecular flexibility index (Phi) is 4.87. The Morgan fingerprint density at radius 3 is 2.69 bits per heavy atom. The van der Waals surface area contributed by atoms with Crippen molar-refractivity contribution in [3.05, 3.63) is 87.9 Å². The number of fused-ring (bicyclic) bond motifs is 1. The van der Waals surface area contributed by atoms with Crippen molar-refractivity contribution in [1.29, 1.82) is 0 Å². The van der Waals surface area contributed by atoms with Crippen molar-refractivity contribution in [3.8, 4) is 5.75 Å². The number of hydrogen-bond donors (Lipinski definition) is 1. The topological polar surface area (TPSA) is 86.4 Å². The molecule has 0 spiro atoms. The number of benzene rings is 2. The zero-order valence-electron chi connectivity index (χ0n) is 16.0. The van der Waals surface area contributed by atoms with Gasteiger partial charge in [0.25, 0.3) is 5.91 Å². The predicted octanol–water partition coefficient (Wildman–Crippen LogP) is 3.61. The minimum absolute atomic E-state index is 0.226. The van der Waals surface area contributed by atoms with Crippen LogP contribution >= 0.6 is 0 Å². The molecular weight excluding hydrogens is 370 g/mol. The van der Waals surface area contributed by atoms with E-state index in [-0.39, 0.29) is 11.1 Å². The number of carbonyl (C=O) groups excluding carboxylic acids is 1. The molecule has 0 aliphatic heterocycles. The van der Waals surface area contributed by atoms with Gasteiger partial charge < -0.3 is 14.5 Å². The van der Waals surface area contributed by atoms with E-state index < -0.39 is 11.5 Å². The molecule has 2 aromatic heterocycles. The zero-order valence-corrected chi connectivity index (χ0v) is 16.0. The lowest BCUT2D eigenvalue weighted by molar-refractivity contribution is 0.102. The number of hydrogen-bond acceptors (Lipinski definition) is 5. The van der Waals surface area contributed by atoms with Crippen LogP contribution in [0.25, 0.3) is 11.0 Å². The monoisotopic (exact) mass is 389 g/mol. The van der Waals surface area contributed by atoms with E-state index in [1.807, 2.05) is 37.3 Å². The first-order valence-corrected chi connectivity index (χ1v) is 9.05. The Morgan fingerprint density at radius 2 is 1.93 bits per heavy atom. The Bertz CT molecular complexity index is 1240. The molecular formula is C22H19N3O4. The normalized spacial score (nSPS) is 10.8. The van der Waals surface area contributed by atoms with E-state index in [0.717, 1.165) is 11.3 Å². The average molecular weight is 389 g/mol. The molecule has 7 heteroatoms. The number of carbonyl (C=O) groups is 1. The molecule has 0 saturated carbocycles. The van der Waals surface area contributed by atoms with Gasteiger partial charge in [-0.1, -0.05) is 30.3 Å². The molecule has 4 aromatic rings. The van der Waals surface area contributed by atoms with Gasteiger partial charge in [0.15, 0.2) is 0 Å². The molecule has 0 aliphatic rings. The summed E-state index contributed by atoms with van der Waals surface area (Å²) in [6.07, 6.45) is 0. The number of nitrogens with one attached hydrogen (secondary N) is 1. The molecule has 1 amide bonds. The first kappa shape index (κ1) is 18.5. The quantitative estimate of drug-likeness (QED) is 0.527. The molecule has 2 heterocycles. The lowest BCUT2D eigenvalue weighted by Crippen LogP contribution is -2.18. The SMILES string of the molecule is COc1ccc2c(C(=O)Nc3cc(C)nn3Cc3ccccc3)cc(=O)oc2c1. The van der Waals surface area contributed by atoms with E-state index >= 15 is 0 Å². The van der Waals surface area contributed by atoms with Crippen molar-refractivity contribution in [2.45, 2.75) is 13.5 Å². The van der Waals surface area contributed by atoms with Crippen LogP contribution in [0.3, 0.4) is 0 Å². The molecule has 0 fully saturated rings. The van der Waals surface area contributed by atoms with Gasteiger partial charge in [-0.15, -0.1) is 0 Å². The van der Waals surface area contributed by atoms with E-state index in [9.17, 15) is 9.59 Å². The molecule has 4 rings (SSSR count). The lowest BCUT2D eigenvalue weighted by Gasteiger charge is -2.10. The number of amides is 1. The second-order valence-corrected chi connectivity index (χ2v) is 6.61. The van der Waals surface area contributed by atoms with Crippen LogP contribution in [0.1, 0.15) is 21.6 Å². The summed E-state index contributed by atoms with van der Waals surface area (Å²) < 4.78 is 12.1. The molecule has 146 valence electrons. The maximum absolute atomic E-state index is 13.0. The minimum Gasteiger partial charge on any atom is -0.497 e. The number of rotatable bonds is 5. The summed E-state index contributed by atoms with van der Waals surface area (Å²) in [5, 5.41) is 7.85. The smallest absolute Gasteiger partial charge is 0.337 e. The highest BCUT2D eigenvalue weighted by atomic mass is 16.5. The van der Waals surface area contributed by atoms with E-state index in [1.54, 1.807) is 28.9 Å². The van der Waals surface area contributed by atoms with Gasteiger partial charge >= 0.3 is 5.63 Å². The average Bonchev–Trinajstić information content (AvgIpc) is 3.05. The van der Waals surface area contributed by atoms with Crippen LogP contribution in [0, 0.1) is 6.92 Å². The number of ether oxygens (including phenoxy) is 1. The molecule has 0 unspecified atom stereocenters. The van der Waals surface area contributed by atoms with Gasteiger partial charge in [0.1, 0.15) is 17.2 Å². The maximum atomic E-state index is 13.0. The standard InChI is InChI=1S/C22H19N3O4/c1-14-10-20(25(24-14)13-15-6-4-3-5-7-15)23-22(27)18-12-21(26)29-19-11-16(28-2)8-9-17(18)19/h3-12H,13H2,1-2H3,(H,23,27). The Morgan fingerprint density at radius 1 is 1.14 bits per heavy atom. The summed E-state index contributed by atoms with van der Waals surface area (Å²) in [5.74, 6) is 0.670. The molecule has 0 atom stereocenters. The molecule has 0 aliphatic carbocycles. The lowest BCUT2D eigenvalue weighted by atomic mass is 10.1. The van der Waals surface area contributed by atoms with Crippen molar-refractivity contribution in [3.63, 3.8) is 0 Å². The molecule has 7 nitrogen and oxygen atoms in total. The molecule has 0 bridgehead atoms. The molecule has 1 N–H and O–H groups in total. The number of anilines is 1. The summed E-state index contributed by atoms with van der Waals surface area (Å²) in [7, 11) is 1.52. The zero-order chi connectivity index (χ0) is 20.4. The van der Waals surface area contributed by atoms with Crippen molar-refractivity contribution in [1.82, 2.24) is 9.78 Å². The minimum atomic E-state index is -0.607. The Hall–Kier alpha value is -3.87. The summed E-state index contributed by atoms with van der Waals surface area (Å²) in [6, 6.07) is 17.8. The highest BCUT2D eigenvalue weighted by Crippen LogP contribution is 2.23. The predicted molar refractivity (Wildman–Crippen MR) is 109 cm³/mol. The highest BCUT2D eigenvalue weighted by Gasteiger charge is 2.16. The first-order chi connectivity index (χ1) is 14.0. The summed E-state index contributed by atoms with van der Waals surface area (Å²) >= 11 is 0. The van der Waals surface area contributed by atoms with Gasteiger partial charge in [0, 0.05) is 23.6 Å². The van der Waals surface area contributed by atoms with Crippen molar-refractivity contribution < 1.29 is 13.9 Å². The summed E-state index contributed by atoms with van der Waals surface area (Å²) in [4.78, 5) is 25.0. The third kappa shape index (κ3) is 3.89. The van der Waals surface area contributed by atoms with Crippen LogP contribution in [-0.4, -0.2) is 22.8 Å². The van der Waals surface area contributed by atoms with Crippen molar-refractivity contribution in [2.75, 3.05) is 12.4 Å². The van der Waals surface area contributed by atoms with Gasteiger partial charge in [-0.2, -0.15) is 5.10 Å². The first-order valence-electron chi connectivity index (χ1n) is 9.05. The third-order valence-corrected chi connectivity index (χ3v) is 4.52. The Labute approximate surface area is 166 Å². The van der Waals surface area contributed by atoms with Crippen LogP contribution in [0.15, 0.2) is 69.9 Å². The fourth-order valence-electron chi connectivity index (χ4n) is 3.16. The van der Waals surface area contributed by atoms with Gasteiger partial charge in [-0.3, -0.25) is 4.79 Å².